The lowest BCUT2D eigenvalue weighted by Gasteiger charge is -2.36. The molecule has 1 unspecified atom stereocenters. The quantitative estimate of drug-likeness (QED) is 0.822. The van der Waals surface area contributed by atoms with E-state index in [2.05, 4.69) is 21.8 Å². The summed E-state index contributed by atoms with van der Waals surface area (Å²) in [6.07, 6.45) is 7.99. The van der Waals surface area contributed by atoms with Gasteiger partial charge in [0.2, 0.25) is 5.88 Å². The fraction of sp³-hybridized carbons (Fsp3) is 0.700. The predicted octanol–water partition coefficient (Wildman–Crippen LogP) is 1.86. The first-order valence-corrected chi connectivity index (χ1v) is 10.0. The van der Waals surface area contributed by atoms with Gasteiger partial charge in [0.05, 0.1) is 5.56 Å². The van der Waals surface area contributed by atoms with Crippen molar-refractivity contribution in [2.45, 2.75) is 44.2 Å². The summed E-state index contributed by atoms with van der Waals surface area (Å²) >= 11 is 0. The zero-order valence-electron chi connectivity index (χ0n) is 15.8. The van der Waals surface area contributed by atoms with Crippen molar-refractivity contribution in [3.63, 3.8) is 0 Å². The van der Waals surface area contributed by atoms with Crippen LogP contribution in [0.25, 0.3) is 0 Å². The topological polar surface area (TPSA) is 48.9 Å². The van der Waals surface area contributed by atoms with Crippen molar-refractivity contribution in [3.05, 3.63) is 23.9 Å². The van der Waals surface area contributed by atoms with Crippen molar-refractivity contribution >= 4 is 5.91 Å². The Labute approximate surface area is 156 Å². The van der Waals surface area contributed by atoms with Crippen LogP contribution in [0.4, 0.5) is 0 Å². The van der Waals surface area contributed by atoms with Crippen molar-refractivity contribution in [2.24, 2.45) is 0 Å². The van der Waals surface area contributed by atoms with Gasteiger partial charge in [0.15, 0.2) is 0 Å². The summed E-state index contributed by atoms with van der Waals surface area (Å²) in [5, 5.41) is 0. The Morgan fingerprint density at radius 3 is 2.62 bits per heavy atom. The van der Waals surface area contributed by atoms with Gasteiger partial charge in [-0.1, -0.05) is 6.42 Å². The van der Waals surface area contributed by atoms with Gasteiger partial charge in [0.1, 0.15) is 6.10 Å². The molecule has 1 atom stereocenters. The zero-order chi connectivity index (χ0) is 17.9. The van der Waals surface area contributed by atoms with Crippen LogP contribution in [0.1, 0.15) is 42.5 Å². The molecule has 2 aliphatic heterocycles. The molecule has 6 heteroatoms. The molecule has 142 valence electrons. The number of aromatic nitrogens is 1. The molecule has 3 aliphatic rings. The minimum atomic E-state index is 0.0973. The molecule has 2 saturated heterocycles. The maximum absolute atomic E-state index is 12.8. The first-order chi connectivity index (χ1) is 12.7. The first kappa shape index (κ1) is 17.7. The molecular weight excluding hydrogens is 328 g/mol. The van der Waals surface area contributed by atoms with Gasteiger partial charge in [-0.3, -0.25) is 9.69 Å². The maximum atomic E-state index is 12.8. The van der Waals surface area contributed by atoms with Gasteiger partial charge in [-0.05, 0) is 38.8 Å². The second kappa shape index (κ2) is 7.92. The molecule has 0 radical (unpaired) electrons. The first-order valence-electron chi connectivity index (χ1n) is 10.0. The molecule has 3 heterocycles. The Balaban J connectivity index is 1.32. The normalized spacial score (nSPS) is 25.7. The van der Waals surface area contributed by atoms with Crippen LogP contribution < -0.4 is 4.74 Å². The minimum absolute atomic E-state index is 0.0973. The van der Waals surface area contributed by atoms with Crippen LogP contribution in [0.15, 0.2) is 18.3 Å². The Kier molecular flexibility index (Phi) is 5.41. The third kappa shape index (κ3) is 4.01. The summed E-state index contributed by atoms with van der Waals surface area (Å²) in [5.41, 5.74) is 0.665. The van der Waals surface area contributed by atoms with Gasteiger partial charge >= 0.3 is 0 Å². The van der Waals surface area contributed by atoms with E-state index in [0.717, 1.165) is 58.2 Å². The highest BCUT2D eigenvalue weighted by molar-refractivity contribution is 5.94. The molecule has 1 saturated carbocycles. The van der Waals surface area contributed by atoms with Gasteiger partial charge in [-0.15, -0.1) is 0 Å². The van der Waals surface area contributed by atoms with Gasteiger partial charge in [-0.2, -0.15) is 0 Å². The van der Waals surface area contributed by atoms with Gasteiger partial charge < -0.3 is 14.5 Å². The van der Waals surface area contributed by atoms with E-state index in [1.807, 2.05) is 17.0 Å². The van der Waals surface area contributed by atoms with E-state index < -0.39 is 0 Å². The van der Waals surface area contributed by atoms with Gasteiger partial charge in [0, 0.05) is 57.6 Å². The van der Waals surface area contributed by atoms with E-state index in [1.54, 1.807) is 6.20 Å². The number of hydrogen-bond donors (Lipinski definition) is 0. The van der Waals surface area contributed by atoms with E-state index in [-0.39, 0.29) is 12.0 Å². The molecule has 4 rings (SSSR count). The van der Waals surface area contributed by atoms with Crippen LogP contribution in [0.5, 0.6) is 5.88 Å². The van der Waals surface area contributed by atoms with Crippen LogP contribution >= 0.6 is 0 Å². The largest absolute Gasteiger partial charge is 0.473 e. The summed E-state index contributed by atoms with van der Waals surface area (Å²) in [6, 6.07) is 4.46. The third-order valence-electron chi connectivity index (χ3n) is 6.03. The lowest BCUT2D eigenvalue weighted by atomic mass is 9.91. The van der Waals surface area contributed by atoms with Crippen molar-refractivity contribution in [1.82, 2.24) is 19.7 Å². The van der Waals surface area contributed by atoms with Gasteiger partial charge in [-0.25, -0.2) is 4.98 Å². The summed E-state index contributed by atoms with van der Waals surface area (Å²) in [4.78, 5) is 24.0. The number of likely N-dealkylation sites (tertiary alicyclic amines) is 1. The van der Waals surface area contributed by atoms with Gasteiger partial charge in [0.25, 0.3) is 5.91 Å². The maximum Gasteiger partial charge on any atom is 0.255 e. The number of likely N-dealkylation sites (N-methyl/N-ethyl adjacent to an activating group) is 1. The van der Waals surface area contributed by atoms with E-state index in [1.165, 1.54) is 19.3 Å². The highest BCUT2D eigenvalue weighted by Gasteiger charge is 2.28. The molecule has 1 aliphatic carbocycles. The average molecular weight is 358 g/mol. The van der Waals surface area contributed by atoms with Crippen LogP contribution in [0.2, 0.25) is 0 Å². The number of pyridine rings is 1. The Morgan fingerprint density at radius 2 is 1.96 bits per heavy atom. The Bertz CT molecular complexity index is 617. The molecule has 1 aromatic heterocycles. The van der Waals surface area contributed by atoms with E-state index in [0.29, 0.717) is 11.4 Å². The highest BCUT2D eigenvalue weighted by Crippen LogP contribution is 2.26. The number of nitrogens with zero attached hydrogens (tertiary/aromatic N) is 4. The van der Waals surface area contributed by atoms with Crippen molar-refractivity contribution in [3.8, 4) is 5.88 Å². The number of rotatable bonds is 4. The Morgan fingerprint density at radius 1 is 1.08 bits per heavy atom. The van der Waals surface area contributed by atoms with E-state index >= 15 is 0 Å². The fourth-order valence-corrected chi connectivity index (χ4v) is 4.18. The predicted molar refractivity (Wildman–Crippen MR) is 100 cm³/mol. The fourth-order valence-electron chi connectivity index (χ4n) is 4.18. The minimum Gasteiger partial charge on any atom is -0.473 e. The number of amides is 1. The van der Waals surface area contributed by atoms with Crippen LogP contribution in [0, 0.1) is 0 Å². The molecule has 0 spiro atoms. The molecule has 1 aromatic rings. The molecular formula is C20H30N4O2. The zero-order valence-corrected chi connectivity index (χ0v) is 15.8. The number of carbonyl (C=O) groups is 1. The highest BCUT2D eigenvalue weighted by atomic mass is 16.5. The van der Waals surface area contributed by atoms with Crippen LogP contribution in [-0.2, 0) is 0 Å². The number of carbonyl (C=O) groups excluding carboxylic acids is 1. The summed E-state index contributed by atoms with van der Waals surface area (Å²) < 4.78 is 5.92. The lowest BCUT2D eigenvalue weighted by Crippen LogP contribution is -2.42. The molecule has 26 heavy (non-hydrogen) atoms. The molecule has 1 amide bonds. The lowest BCUT2D eigenvalue weighted by molar-refractivity contribution is 0.0749. The van der Waals surface area contributed by atoms with E-state index in [9.17, 15) is 4.79 Å². The second-order valence-corrected chi connectivity index (χ2v) is 7.94. The second-order valence-electron chi connectivity index (χ2n) is 7.94. The Hall–Kier alpha value is -1.66. The van der Waals surface area contributed by atoms with E-state index in [4.69, 9.17) is 4.74 Å². The third-order valence-corrected chi connectivity index (χ3v) is 6.03. The number of ether oxygens (including phenoxy) is 1. The summed E-state index contributed by atoms with van der Waals surface area (Å²) in [6.45, 7) is 5.79. The molecule has 0 N–H and O–H groups in total. The molecule has 0 bridgehead atoms. The summed E-state index contributed by atoms with van der Waals surface area (Å²) in [7, 11) is 2.10. The standard InChI is InChI=1S/C20H30N4O2/c1-22-11-8-18(15-22)26-19-7-6-16(14-21-19)20(25)24-10-3-9-23(12-13-24)17-4-2-5-17/h6-7,14,17-18H,2-5,8-13,15H2,1H3. The monoisotopic (exact) mass is 358 g/mol. The molecule has 0 aromatic carbocycles. The molecule has 3 fully saturated rings. The van der Waals surface area contributed by atoms with Crippen LogP contribution in [-0.4, -0.2) is 84.1 Å². The number of hydrogen-bond acceptors (Lipinski definition) is 5. The molecule has 6 nitrogen and oxygen atoms in total. The smallest absolute Gasteiger partial charge is 0.255 e. The SMILES string of the molecule is CN1CCC(Oc2ccc(C(=O)N3CCCN(C4CCC4)CC3)cn2)C1. The average Bonchev–Trinajstić information content (AvgIpc) is 2.86. The van der Waals surface area contributed by atoms with Crippen LogP contribution in [0.3, 0.4) is 0 Å². The van der Waals surface area contributed by atoms with Crippen molar-refractivity contribution < 1.29 is 9.53 Å². The van der Waals surface area contributed by atoms with Crippen molar-refractivity contribution in [1.29, 1.82) is 0 Å². The summed E-state index contributed by atoms with van der Waals surface area (Å²) in [5.74, 6) is 0.717. The van der Waals surface area contributed by atoms with Crippen molar-refractivity contribution in [2.75, 3.05) is 46.3 Å².